The number of phenolic OH excluding ortho intramolecular Hbond substituents is 2. The van der Waals surface area contributed by atoms with Crippen LogP contribution in [0.25, 0.3) is 0 Å². The summed E-state index contributed by atoms with van der Waals surface area (Å²) < 4.78 is 1.06. The van der Waals surface area contributed by atoms with Crippen molar-refractivity contribution in [2.24, 2.45) is 5.92 Å². The Morgan fingerprint density at radius 1 is 1.40 bits per heavy atom. The lowest BCUT2D eigenvalue weighted by Crippen LogP contribution is -2.01. The number of benzene rings is 1. The summed E-state index contributed by atoms with van der Waals surface area (Å²) in [5.74, 6) is -0.528. The number of phenols is 2. The second-order valence-electron chi connectivity index (χ2n) is 3.35. The molecule has 0 aliphatic rings. The van der Waals surface area contributed by atoms with E-state index in [1.165, 1.54) is 6.07 Å². The molecule has 2 N–H and O–H groups in total. The lowest BCUT2D eigenvalue weighted by Gasteiger charge is -2.10. The van der Waals surface area contributed by atoms with Gasteiger partial charge in [0.15, 0.2) is 11.5 Å². The van der Waals surface area contributed by atoms with Crippen LogP contribution in [0.15, 0.2) is 15.0 Å². The Bertz CT molecular complexity index is 391. The maximum Gasteiger partial charge on any atom is 0.173 e. The molecule has 0 saturated carbocycles. The van der Waals surface area contributed by atoms with Crippen LogP contribution in [0.1, 0.15) is 12.5 Å². The third-order valence-electron chi connectivity index (χ3n) is 2.01. The van der Waals surface area contributed by atoms with E-state index < -0.39 is 0 Å². The van der Waals surface area contributed by atoms with Gasteiger partial charge in [0.05, 0.1) is 4.47 Å². The van der Waals surface area contributed by atoms with Crippen LogP contribution < -0.4 is 0 Å². The monoisotopic (exact) mass is 336 g/mol. The van der Waals surface area contributed by atoms with Crippen molar-refractivity contribution in [3.63, 3.8) is 0 Å². The fraction of sp³-hybridized carbons (Fsp3) is 0.300. The molecule has 0 fully saturated rings. The third-order valence-corrected chi connectivity index (χ3v) is 4.22. The molecule has 1 aromatic rings. The molecule has 3 nitrogen and oxygen atoms in total. The predicted molar refractivity (Wildman–Crippen MR) is 64.1 cm³/mol. The van der Waals surface area contributed by atoms with Gasteiger partial charge in [0, 0.05) is 10.4 Å². The van der Waals surface area contributed by atoms with Crippen LogP contribution in [0.2, 0.25) is 0 Å². The summed E-state index contributed by atoms with van der Waals surface area (Å²) in [5, 5.41) is 18.8. The molecule has 1 rings (SSSR count). The van der Waals surface area contributed by atoms with E-state index in [4.69, 9.17) is 0 Å². The largest absolute Gasteiger partial charge is 0.504 e. The fourth-order valence-corrected chi connectivity index (χ4v) is 2.12. The number of aromatic hydroxyl groups is 2. The second-order valence-corrected chi connectivity index (χ2v) is 4.93. The first-order valence-corrected chi connectivity index (χ1v) is 5.90. The number of halogens is 2. The summed E-state index contributed by atoms with van der Waals surface area (Å²) in [5.41, 5.74) is 0.775. The smallest absolute Gasteiger partial charge is 0.173 e. The second kappa shape index (κ2) is 4.99. The molecule has 0 radical (unpaired) electrons. The van der Waals surface area contributed by atoms with Crippen LogP contribution in [0.4, 0.5) is 0 Å². The van der Waals surface area contributed by atoms with E-state index in [9.17, 15) is 15.0 Å². The van der Waals surface area contributed by atoms with Crippen molar-refractivity contribution < 1.29 is 15.0 Å². The molecule has 0 spiro atoms. The van der Waals surface area contributed by atoms with Crippen LogP contribution in [-0.2, 0) is 11.2 Å². The van der Waals surface area contributed by atoms with Crippen molar-refractivity contribution >= 4 is 38.1 Å². The first-order valence-electron chi connectivity index (χ1n) is 4.31. The van der Waals surface area contributed by atoms with Gasteiger partial charge in [-0.3, -0.25) is 0 Å². The molecule has 0 aliphatic heterocycles. The van der Waals surface area contributed by atoms with Crippen molar-refractivity contribution in [2.75, 3.05) is 0 Å². The number of carbonyl (C=O) groups excluding carboxylic acids is 1. The van der Waals surface area contributed by atoms with Gasteiger partial charge in [0.2, 0.25) is 0 Å². The first-order chi connectivity index (χ1) is 6.97. The van der Waals surface area contributed by atoms with Gasteiger partial charge in [-0.25, -0.2) is 0 Å². The quantitative estimate of drug-likeness (QED) is 0.658. The molecular weight excluding hydrogens is 328 g/mol. The van der Waals surface area contributed by atoms with Gasteiger partial charge >= 0.3 is 0 Å². The van der Waals surface area contributed by atoms with E-state index >= 15 is 0 Å². The standard InChI is InChI=1S/C10H10Br2O3/c1-5(4-13)2-6-3-7(14)10(15)9(12)8(6)11/h3-5,14-15H,2H2,1H3. The number of rotatable bonds is 3. The summed E-state index contributed by atoms with van der Waals surface area (Å²) >= 11 is 6.44. The zero-order chi connectivity index (χ0) is 11.6. The van der Waals surface area contributed by atoms with E-state index in [0.717, 1.165) is 11.8 Å². The maximum absolute atomic E-state index is 10.5. The van der Waals surface area contributed by atoms with Gasteiger partial charge in [-0.15, -0.1) is 0 Å². The molecule has 82 valence electrons. The van der Waals surface area contributed by atoms with E-state index in [1.54, 1.807) is 6.92 Å². The summed E-state index contributed by atoms with van der Waals surface area (Å²) in [6.45, 7) is 1.79. The Balaban J connectivity index is 3.14. The van der Waals surface area contributed by atoms with E-state index in [2.05, 4.69) is 31.9 Å². The SMILES string of the molecule is CC(C=O)Cc1cc(O)c(O)c(Br)c1Br. The number of carbonyl (C=O) groups is 1. The Hall–Kier alpha value is -0.550. The van der Waals surface area contributed by atoms with Gasteiger partial charge in [-0.1, -0.05) is 6.92 Å². The third kappa shape index (κ3) is 2.72. The highest BCUT2D eigenvalue weighted by Gasteiger charge is 2.15. The predicted octanol–water partition coefficient (Wildman–Crippen LogP) is 3.00. The Labute approximate surface area is 104 Å². The van der Waals surface area contributed by atoms with E-state index in [-0.39, 0.29) is 17.4 Å². The molecular formula is C10H10Br2O3. The number of hydrogen-bond acceptors (Lipinski definition) is 3. The zero-order valence-corrected chi connectivity index (χ0v) is 11.2. The minimum Gasteiger partial charge on any atom is -0.504 e. The van der Waals surface area contributed by atoms with Crippen molar-refractivity contribution in [3.05, 3.63) is 20.6 Å². The molecule has 0 amide bonds. The van der Waals surface area contributed by atoms with Gasteiger partial charge in [0.25, 0.3) is 0 Å². The molecule has 15 heavy (non-hydrogen) atoms. The Morgan fingerprint density at radius 3 is 2.53 bits per heavy atom. The van der Waals surface area contributed by atoms with Crippen LogP contribution >= 0.6 is 31.9 Å². The average Bonchev–Trinajstić information content (AvgIpc) is 2.22. The van der Waals surface area contributed by atoms with Crippen molar-refractivity contribution in [2.45, 2.75) is 13.3 Å². The van der Waals surface area contributed by atoms with Crippen molar-refractivity contribution in [1.29, 1.82) is 0 Å². The normalized spacial score (nSPS) is 12.5. The highest BCUT2D eigenvalue weighted by Crippen LogP contribution is 2.41. The summed E-state index contributed by atoms with van der Waals surface area (Å²) in [7, 11) is 0. The minimum atomic E-state index is -0.204. The van der Waals surface area contributed by atoms with Crippen LogP contribution in [0.3, 0.4) is 0 Å². The molecule has 1 unspecified atom stereocenters. The molecule has 0 saturated heterocycles. The number of aldehydes is 1. The lowest BCUT2D eigenvalue weighted by molar-refractivity contribution is -0.110. The van der Waals surface area contributed by atoms with Crippen molar-refractivity contribution in [3.8, 4) is 11.5 Å². The first kappa shape index (κ1) is 12.5. The Kier molecular flexibility index (Phi) is 4.16. The summed E-state index contributed by atoms with van der Waals surface area (Å²) in [6, 6.07) is 1.45. The Morgan fingerprint density at radius 2 is 2.00 bits per heavy atom. The number of hydrogen-bond donors (Lipinski definition) is 2. The van der Waals surface area contributed by atoms with Gasteiger partial charge in [-0.2, -0.15) is 0 Å². The molecule has 5 heteroatoms. The van der Waals surface area contributed by atoms with Gasteiger partial charge < -0.3 is 15.0 Å². The fourth-order valence-electron chi connectivity index (χ4n) is 1.20. The molecule has 0 bridgehead atoms. The molecule has 0 aromatic heterocycles. The van der Waals surface area contributed by atoms with Crippen LogP contribution in [0.5, 0.6) is 11.5 Å². The summed E-state index contributed by atoms with van der Waals surface area (Å²) in [6.07, 6.45) is 1.36. The lowest BCUT2D eigenvalue weighted by atomic mass is 10.0. The highest BCUT2D eigenvalue weighted by atomic mass is 79.9. The molecule has 1 aromatic carbocycles. The summed E-state index contributed by atoms with van der Waals surface area (Å²) in [4.78, 5) is 10.5. The van der Waals surface area contributed by atoms with E-state index in [0.29, 0.717) is 15.4 Å². The molecule has 0 heterocycles. The topological polar surface area (TPSA) is 57.5 Å². The highest BCUT2D eigenvalue weighted by molar-refractivity contribution is 9.13. The van der Waals surface area contributed by atoms with Crippen molar-refractivity contribution in [1.82, 2.24) is 0 Å². The maximum atomic E-state index is 10.5. The molecule has 1 atom stereocenters. The average molecular weight is 338 g/mol. The van der Waals surface area contributed by atoms with Crippen LogP contribution in [0, 0.1) is 5.92 Å². The zero-order valence-electron chi connectivity index (χ0n) is 8.00. The van der Waals surface area contributed by atoms with E-state index in [1.807, 2.05) is 0 Å². The molecule has 0 aliphatic carbocycles. The minimum absolute atomic E-state index is 0.128. The van der Waals surface area contributed by atoms with Gasteiger partial charge in [-0.05, 0) is 49.9 Å². The van der Waals surface area contributed by atoms with Gasteiger partial charge in [0.1, 0.15) is 6.29 Å². The van der Waals surface area contributed by atoms with Crippen LogP contribution in [-0.4, -0.2) is 16.5 Å².